The quantitative estimate of drug-likeness (QED) is 0.430. The molecular formula is C19H29NO5. The molecule has 0 spiro atoms. The van der Waals surface area contributed by atoms with E-state index in [0.717, 1.165) is 18.5 Å². The number of ether oxygens (including phenoxy) is 4. The highest BCUT2D eigenvalue weighted by Crippen LogP contribution is 2.31. The van der Waals surface area contributed by atoms with E-state index in [1.807, 2.05) is 18.2 Å². The van der Waals surface area contributed by atoms with E-state index in [9.17, 15) is 5.11 Å². The summed E-state index contributed by atoms with van der Waals surface area (Å²) >= 11 is 0. The molecule has 1 aromatic carbocycles. The fourth-order valence-electron chi connectivity index (χ4n) is 2.59. The lowest BCUT2D eigenvalue weighted by Crippen LogP contribution is -2.35. The Hall–Kier alpha value is -1.78. The summed E-state index contributed by atoms with van der Waals surface area (Å²) < 4.78 is 21.2. The lowest BCUT2D eigenvalue weighted by molar-refractivity contribution is 0.0242. The highest BCUT2D eigenvalue weighted by molar-refractivity contribution is 5.46. The summed E-state index contributed by atoms with van der Waals surface area (Å²) in [6.45, 7) is 2.94. The van der Waals surface area contributed by atoms with Crippen molar-refractivity contribution in [2.45, 2.75) is 19.1 Å². The van der Waals surface area contributed by atoms with E-state index in [1.165, 1.54) is 0 Å². The summed E-state index contributed by atoms with van der Waals surface area (Å²) in [5, 5.41) is 10.2. The maximum absolute atomic E-state index is 10.2. The van der Waals surface area contributed by atoms with Crippen molar-refractivity contribution in [3.8, 4) is 23.8 Å². The van der Waals surface area contributed by atoms with Crippen molar-refractivity contribution in [1.29, 1.82) is 0 Å². The fraction of sp³-hybridized carbons (Fsp3) is 0.579. The van der Waals surface area contributed by atoms with E-state index in [1.54, 1.807) is 21.3 Å². The minimum absolute atomic E-state index is 0.199. The standard InChI is InChI=1S/C19H29NO5/c1-5-11-25-15-17(21)14-20(10-7-12-22-2)13-16-8-6-9-18(23-3)19(16)24-4/h1,6,8-9,17,21H,7,10-15H2,2-4H3. The van der Waals surface area contributed by atoms with Crippen LogP contribution in [0, 0.1) is 12.3 Å². The highest BCUT2D eigenvalue weighted by Gasteiger charge is 2.16. The Labute approximate surface area is 150 Å². The van der Waals surface area contributed by atoms with Crippen molar-refractivity contribution in [1.82, 2.24) is 4.90 Å². The normalized spacial score (nSPS) is 12.0. The van der Waals surface area contributed by atoms with Crippen LogP contribution in [0.15, 0.2) is 18.2 Å². The molecule has 1 aromatic rings. The molecule has 0 heterocycles. The van der Waals surface area contributed by atoms with Crippen LogP contribution in [0.1, 0.15) is 12.0 Å². The lowest BCUT2D eigenvalue weighted by atomic mass is 10.1. The van der Waals surface area contributed by atoms with Crippen molar-refractivity contribution in [3.63, 3.8) is 0 Å². The largest absolute Gasteiger partial charge is 0.493 e. The van der Waals surface area contributed by atoms with Crippen molar-refractivity contribution in [2.24, 2.45) is 0 Å². The zero-order chi connectivity index (χ0) is 18.5. The van der Waals surface area contributed by atoms with Gasteiger partial charge in [0.05, 0.1) is 26.9 Å². The third-order valence-electron chi connectivity index (χ3n) is 3.67. The number of terminal acetylenes is 1. The molecule has 0 aliphatic carbocycles. The summed E-state index contributed by atoms with van der Waals surface area (Å²) in [5.41, 5.74) is 0.996. The van der Waals surface area contributed by atoms with Gasteiger partial charge in [-0.2, -0.15) is 0 Å². The summed E-state index contributed by atoms with van der Waals surface area (Å²) in [7, 11) is 4.92. The summed E-state index contributed by atoms with van der Waals surface area (Å²) in [4.78, 5) is 2.14. The van der Waals surface area contributed by atoms with Crippen LogP contribution in [0.25, 0.3) is 0 Å². The molecule has 0 aromatic heterocycles. The summed E-state index contributed by atoms with van der Waals surface area (Å²) in [5.74, 6) is 3.79. The number of hydrogen-bond donors (Lipinski definition) is 1. The average molecular weight is 351 g/mol. The van der Waals surface area contributed by atoms with Gasteiger partial charge in [-0.1, -0.05) is 18.1 Å². The second kappa shape index (κ2) is 12.6. The van der Waals surface area contributed by atoms with Gasteiger partial charge in [-0.3, -0.25) is 4.90 Å². The Morgan fingerprint density at radius 3 is 2.68 bits per heavy atom. The Morgan fingerprint density at radius 2 is 2.04 bits per heavy atom. The number of para-hydroxylation sites is 1. The molecule has 1 N–H and O–H groups in total. The zero-order valence-electron chi connectivity index (χ0n) is 15.4. The van der Waals surface area contributed by atoms with E-state index in [2.05, 4.69) is 10.8 Å². The van der Waals surface area contributed by atoms with E-state index < -0.39 is 6.10 Å². The van der Waals surface area contributed by atoms with E-state index in [-0.39, 0.29) is 13.2 Å². The number of rotatable bonds is 13. The molecule has 1 unspecified atom stereocenters. The second-order valence-corrected chi connectivity index (χ2v) is 5.61. The van der Waals surface area contributed by atoms with Gasteiger partial charge >= 0.3 is 0 Å². The van der Waals surface area contributed by atoms with Gasteiger partial charge in [0.2, 0.25) is 0 Å². The highest BCUT2D eigenvalue weighted by atomic mass is 16.5. The van der Waals surface area contributed by atoms with Crippen LogP contribution in [0.2, 0.25) is 0 Å². The van der Waals surface area contributed by atoms with Crippen LogP contribution < -0.4 is 9.47 Å². The molecule has 0 bridgehead atoms. The van der Waals surface area contributed by atoms with Gasteiger partial charge in [-0.25, -0.2) is 0 Å². The fourth-order valence-corrected chi connectivity index (χ4v) is 2.59. The molecule has 1 atom stereocenters. The number of aliphatic hydroxyl groups excluding tert-OH is 1. The van der Waals surface area contributed by atoms with Gasteiger partial charge in [-0.05, 0) is 12.5 Å². The molecule has 0 saturated carbocycles. The van der Waals surface area contributed by atoms with Crippen LogP contribution >= 0.6 is 0 Å². The Bertz CT molecular complexity index is 529. The van der Waals surface area contributed by atoms with Crippen LogP contribution in [-0.2, 0) is 16.0 Å². The number of nitrogens with zero attached hydrogens (tertiary/aromatic N) is 1. The van der Waals surface area contributed by atoms with Gasteiger partial charge in [0.25, 0.3) is 0 Å². The smallest absolute Gasteiger partial charge is 0.165 e. The molecule has 140 valence electrons. The molecule has 0 saturated heterocycles. The molecule has 6 nitrogen and oxygen atoms in total. The predicted molar refractivity (Wildman–Crippen MR) is 97.0 cm³/mol. The first-order valence-corrected chi connectivity index (χ1v) is 8.26. The van der Waals surface area contributed by atoms with E-state index in [0.29, 0.717) is 31.2 Å². The molecule has 6 heteroatoms. The Morgan fingerprint density at radius 1 is 1.24 bits per heavy atom. The van der Waals surface area contributed by atoms with Gasteiger partial charge in [-0.15, -0.1) is 6.42 Å². The SMILES string of the molecule is C#CCOCC(O)CN(CCCOC)Cc1cccc(OC)c1OC. The number of hydrogen-bond acceptors (Lipinski definition) is 6. The first-order valence-electron chi connectivity index (χ1n) is 8.26. The van der Waals surface area contributed by atoms with Crippen molar-refractivity contribution in [3.05, 3.63) is 23.8 Å². The minimum Gasteiger partial charge on any atom is -0.493 e. The molecule has 25 heavy (non-hydrogen) atoms. The molecular weight excluding hydrogens is 322 g/mol. The Balaban J connectivity index is 2.77. The first-order chi connectivity index (χ1) is 12.2. The van der Waals surface area contributed by atoms with Crippen molar-refractivity contribution < 1.29 is 24.1 Å². The van der Waals surface area contributed by atoms with Crippen molar-refractivity contribution >= 4 is 0 Å². The predicted octanol–water partition coefficient (Wildman–Crippen LogP) is 1.55. The topological polar surface area (TPSA) is 60.4 Å². The van der Waals surface area contributed by atoms with E-state index in [4.69, 9.17) is 25.4 Å². The van der Waals surface area contributed by atoms with Crippen LogP contribution in [0.5, 0.6) is 11.5 Å². The average Bonchev–Trinajstić information content (AvgIpc) is 2.61. The van der Waals surface area contributed by atoms with Crippen LogP contribution in [0.3, 0.4) is 0 Å². The summed E-state index contributed by atoms with van der Waals surface area (Å²) in [6.07, 6.45) is 5.40. The number of methoxy groups -OCH3 is 3. The van der Waals surface area contributed by atoms with Gasteiger partial charge in [0.15, 0.2) is 11.5 Å². The molecule has 0 radical (unpaired) electrons. The second-order valence-electron chi connectivity index (χ2n) is 5.61. The number of aliphatic hydroxyl groups is 1. The molecule has 0 fully saturated rings. The van der Waals surface area contributed by atoms with Crippen LogP contribution in [-0.4, -0.2) is 70.3 Å². The first kappa shape index (κ1) is 21.3. The van der Waals surface area contributed by atoms with Crippen LogP contribution in [0.4, 0.5) is 0 Å². The number of benzene rings is 1. The summed E-state index contributed by atoms with van der Waals surface area (Å²) in [6, 6.07) is 5.78. The van der Waals surface area contributed by atoms with Gasteiger partial charge in [0.1, 0.15) is 6.61 Å². The van der Waals surface area contributed by atoms with Gasteiger partial charge in [0, 0.05) is 38.9 Å². The van der Waals surface area contributed by atoms with E-state index >= 15 is 0 Å². The van der Waals surface area contributed by atoms with Crippen molar-refractivity contribution in [2.75, 3.05) is 54.2 Å². The molecule has 0 amide bonds. The Kier molecular flexibility index (Phi) is 10.7. The lowest BCUT2D eigenvalue weighted by Gasteiger charge is -2.26. The third kappa shape index (κ3) is 7.76. The molecule has 0 aliphatic heterocycles. The molecule has 1 rings (SSSR count). The maximum atomic E-state index is 10.2. The maximum Gasteiger partial charge on any atom is 0.165 e. The zero-order valence-corrected chi connectivity index (χ0v) is 15.4. The van der Waals surface area contributed by atoms with Gasteiger partial charge < -0.3 is 24.1 Å². The third-order valence-corrected chi connectivity index (χ3v) is 3.67. The monoisotopic (exact) mass is 351 g/mol. The molecule has 0 aliphatic rings. The minimum atomic E-state index is -0.618.